The molecule has 128 valence electrons. The first-order valence-electron chi connectivity index (χ1n) is 8.15. The van der Waals surface area contributed by atoms with Crippen LogP contribution in [0.1, 0.15) is 31.1 Å². The summed E-state index contributed by atoms with van der Waals surface area (Å²) in [4.78, 5) is 17.3. The third kappa shape index (κ3) is 3.63. The second kappa shape index (κ2) is 6.55. The molecule has 3 aromatic rings. The van der Waals surface area contributed by atoms with Crippen LogP contribution in [0.15, 0.2) is 54.6 Å². The molecule has 0 aliphatic rings. The first-order chi connectivity index (χ1) is 11.9. The van der Waals surface area contributed by atoms with Crippen molar-refractivity contribution in [3.05, 3.63) is 60.2 Å². The Hall–Kier alpha value is -2.88. The predicted molar refractivity (Wildman–Crippen MR) is 98.9 cm³/mol. The number of methoxy groups -OCH3 is 1. The number of carbonyl (C=O) groups excluding carboxylic acids is 1. The smallest absolute Gasteiger partial charge is 0.339 e. The first kappa shape index (κ1) is 17.0. The maximum absolute atomic E-state index is 12.6. The van der Waals surface area contributed by atoms with Gasteiger partial charge in [-0.3, -0.25) is 0 Å². The van der Waals surface area contributed by atoms with Crippen LogP contribution in [-0.4, -0.2) is 23.7 Å². The van der Waals surface area contributed by atoms with Crippen LogP contribution in [0.2, 0.25) is 0 Å². The minimum Gasteiger partial charge on any atom is -0.494 e. The maximum atomic E-state index is 12.6. The molecule has 4 heteroatoms. The van der Waals surface area contributed by atoms with E-state index < -0.39 is 5.60 Å². The lowest BCUT2D eigenvalue weighted by atomic mass is 10.0. The van der Waals surface area contributed by atoms with Gasteiger partial charge in [-0.25, -0.2) is 9.78 Å². The second-order valence-corrected chi connectivity index (χ2v) is 6.78. The fraction of sp³-hybridized carbons (Fsp3) is 0.238. The van der Waals surface area contributed by atoms with Crippen LogP contribution in [0.25, 0.3) is 22.2 Å². The first-order valence-corrected chi connectivity index (χ1v) is 8.15. The van der Waals surface area contributed by atoms with Crippen molar-refractivity contribution < 1.29 is 14.3 Å². The van der Waals surface area contributed by atoms with Crippen molar-refractivity contribution in [3.63, 3.8) is 0 Å². The van der Waals surface area contributed by atoms with Gasteiger partial charge in [-0.1, -0.05) is 36.4 Å². The monoisotopic (exact) mass is 335 g/mol. The van der Waals surface area contributed by atoms with Crippen molar-refractivity contribution >= 4 is 16.9 Å². The summed E-state index contributed by atoms with van der Waals surface area (Å²) >= 11 is 0. The number of carbonyl (C=O) groups is 1. The molecule has 0 unspecified atom stereocenters. The highest BCUT2D eigenvalue weighted by Crippen LogP contribution is 2.29. The fourth-order valence-electron chi connectivity index (χ4n) is 2.65. The second-order valence-electron chi connectivity index (χ2n) is 6.78. The van der Waals surface area contributed by atoms with Gasteiger partial charge in [0, 0.05) is 10.9 Å². The van der Waals surface area contributed by atoms with E-state index in [0.29, 0.717) is 17.0 Å². The van der Waals surface area contributed by atoms with Crippen molar-refractivity contribution in [1.82, 2.24) is 4.98 Å². The van der Waals surface area contributed by atoms with E-state index in [4.69, 9.17) is 14.5 Å². The topological polar surface area (TPSA) is 48.4 Å². The van der Waals surface area contributed by atoms with Gasteiger partial charge in [-0.2, -0.15) is 0 Å². The lowest BCUT2D eigenvalue weighted by molar-refractivity contribution is 0.00704. The Balaban J connectivity index is 2.11. The zero-order valence-electron chi connectivity index (χ0n) is 14.9. The number of para-hydroxylation sites is 1. The van der Waals surface area contributed by atoms with E-state index in [2.05, 4.69) is 0 Å². The highest BCUT2D eigenvalue weighted by Gasteiger charge is 2.21. The number of ether oxygens (including phenoxy) is 2. The molecule has 0 bridgehead atoms. The number of pyridine rings is 1. The summed E-state index contributed by atoms with van der Waals surface area (Å²) in [7, 11) is 1.62. The van der Waals surface area contributed by atoms with Crippen LogP contribution in [-0.2, 0) is 4.74 Å². The van der Waals surface area contributed by atoms with Gasteiger partial charge in [-0.05, 0) is 39.0 Å². The van der Waals surface area contributed by atoms with Crippen molar-refractivity contribution in [2.24, 2.45) is 0 Å². The molecule has 0 aliphatic carbocycles. The third-order valence-corrected chi connectivity index (χ3v) is 3.72. The van der Waals surface area contributed by atoms with Crippen molar-refractivity contribution in [2.45, 2.75) is 26.4 Å². The maximum Gasteiger partial charge on any atom is 0.339 e. The fourth-order valence-corrected chi connectivity index (χ4v) is 2.65. The van der Waals surface area contributed by atoms with Crippen molar-refractivity contribution in [1.29, 1.82) is 0 Å². The Morgan fingerprint density at radius 3 is 2.44 bits per heavy atom. The summed E-state index contributed by atoms with van der Waals surface area (Å²) in [5, 5.41) is 0.984. The standard InChI is InChI=1S/C21H21NO3/c1-21(2,3)25-20(23)16-10-6-5-9-15(16)17-13-12-14-8-7-11-18(24-4)19(14)22-17/h5-13H,1-4H3. The summed E-state index contributed by atoms with van der Waals surface area (Å²) in [6, 6.07) is 17.0. The molecule has 0 saturated heterocycles. The number of benzene rings is 2. The molecular weight excluding hydrogens is 314 g/mol. The van der Waals surface area contributed by atoms with Crippen LogP contribution in [0.4, 0.5) is 0 Å². The largest absolute Gasteiger partial charge is 0.494 e. The zero-order chi connectivity index (χ0) is 18.0. The van der Waals surface area contributed by atoms with Crippen LogP contribution >= 0.6 is 0 Å². The Kier molecular flexibility index (Phi) is 4.45. The van der Waals surface area contributed by atoms with E-state index in [1.807, 2.05) is 69.3 Å². The summed E-state index contributed by atoms with van der Waals surface area (Å²) < 4.78 is 10.9. The highest BCUT2D eigenvalue weighted by molar-refractivity contribution is 5.98. The number of fused-ring (bicyclic) bond motifs is 1. The number of aromatic nitrogens is 1. The van der Waals surface area contributed by atoms with Gasteiger partial charge >= 0.3 is 5.97 Å². The lowest BCUT2D eigenvalue weighted by Crippen LogP contribution is -2.24. The van der Waals surface area contributed by atoms with E-state index in [9.17, 15) is 4.79 Å². The molecule has 0 atom stereocenters. The van der Waals surface area contributed by atoms with Gasteiger partial charge < -0.3 is 9.47 Å². The van der Waals surface area contributed by atoms with Crippen LogP contribution < -0.4 is 4.74 Å². The molecular formula is C21H21NO3. The predicted octanol–water partition coefficient (Wildman–Crippen LogP) is 4.87. The molecule has 0 N–H and O–H groups in total. The molecule has 1 heterocycles. The van der Waals surface area contributed by atoms with E-state index in [0.717, 1.165) is 16.5 Å². The molecule has 0 spiro atoms. The Bertz CT molecular complexity index is 926. The minimum absolute atomic E-state index is 0.356. The van der Waals surface area contributed by atoms with Crippen LogP contribution in [0.5, 0.6) is 5.75 Å². The number of hydrogen-bond acceptors (Lipinski definition) is 4. The lowest BCUT2D eigenvalue weighted by Gasteiger charge is -2.20. The quantitative estimate of drug-likeness (QED) is 0.641. The molecule has 4 nitrogen and oxygen atoms in total. The number of hydrogen-bond donors (Lipinski definition) is 0. The molecule has 0 aliphatic heterocycles. The Morgan fingerprint density at radius 1 is 0.960 bits per heavy atom. The average Bonchev–Trinajstić information content (AvgIpc) is 2.59. The van der Waals surface area contributed by atoms with Gasteiger partial charge in [0.2, 0.25) is 0 Å². The summed E-state index contributed by atoms with van der Waals surface area (Å²) in [5.41, 5.74) is 2.16. The summed E-state index contributed by atoms with van der Waals surface area (Å²) in [5.74, 6) is 0.346. The van der Waals surface area contributed by atoms with Gasteiger partial charge in [0.1, 0.15) is 16.9 Å². The van der Waals surface area contributed by atoms with Crippen molar-refractivity contribution in [3.8, 4) is 17.0 Å². The summed E-state index contributed by atoms with van der Waals surface area (Å²) in [6.45, 7) is 5.56. The zero-order valence-corrected chi connectivity index (χ0v) is 14.9. The van der Waals surface area contributed by atoms with Gasteiger partial charge in [0.15, 0.2) is 0 Å². The van der Waals surface area contributed by atoms with E-state index in [-0.39, 0.29) is 5.97 Å². The van der Waals surface area contributed by atoms with Crippen LogP contribution in [0.3, 0.4) is 0 Å². The molecule has 0 saturated carbocycles. The van der Waals surface area contributed by atoms with E-state index >= 15 is 0 Å². The number of esters is 1. The Morgan fingerprint density at radius 2 is 1.72 bits per heavy atom. The van der Waals surface area contributed by atoms with Gasteiger partial charge in [0.25, 0.3) is 0 Å². The molecule has 25 heavy (non-hydrogen) atoms. The SMILES string of the molecule is COc1cccc2ccc(-c3ccccc3C(=O)OC(C)(C)C)nc12. The average molecular weight is 335 g/mol. The minimum atomic E-state index is -0.551. The number of rotatable bonds is 3. The normalized spacial score (nSPS) is 11.4. The van der Waals surface area contributed by atoms with Crippen molar-refractivity contribution in [2.75, 3.05) is 7.11 Å². The third-order valence-electron chi connectivity index (χ3n) is 3.72. The molecule has 0 fully saturated rings. The van der Waals surface area contributed by atoms with Gasteiger partial charge in [0.05, 0.1) is 18.4 Å². The molecule has 0 amide bonds. The molecule has 0 radical (unpaired) electrons. The molecule has 3 rings (SSSR count). The molecule has 1 aromatic heterocycles. The van der Waals surface area contributed by atoms with Crippen LogP contribution in [0, 0.1) is 0 Å². The molecule has 2 aromatic carbocycles. The van der Waals surface area contributed by atoms with E-state index in [1.165, 1.54) is 0 Å². The van der Waals surface area contributed by atoms with Gasteiger partial charge in [-0.15, -0.1) is 0 Å². The van der Waals surface area contributed by atoms with E-state index in [1.54, 1.807) is 13.2 Å². The number of nitrogens with zero attached hydrogens (tertiary/aromatic N) is 1. The summed E-state index contributed by atoms with van der Waals surface area (Å²) in [6.07, 6.45) is 0. The Labute approximate surface area is 147 Å². The highest BCUT2D eigenvalue weighted by atomic mass is 16.6.